The molecule has 3 nitrogen and oxygen atoms in total. The van der Waals surface area contributed by atoms with Gasteiger partial charge in [0.1, 0.15) is 0 Å². The van der Waals surface area contributed by atoms with Crippen molar-refractivity contribution in [3.05, 3.63) is 0 Å². The molecule has 0 spiro atoms. The molecule has 0 radical (unpaired) electrons. The second kappa shape index (κ2) is 4.62. The van der Waals surface area contributed by atoms with Crippen molar-refractivity contribution in [1.82, 2.24) is 5.32 Å². The lowest BCUT2D eigenvalue weighted by molar-refractivity contribution is 0.521. The SMILES string of the molecule is CCC(C)S(=O)(=O)CC(NC)C1CC1. The van der Waals surface area contributed by atoms with E-state index in [1.54, 1.807) is 6.92 Å². The van der Waals surface area contributed by atoms with Gasteiger partial charge in [0.15, 0.2) is 9.84 Å². The van der Waals surface area contributed by atoms with Gasteiger partial charge in [0.05, 0.1) is 11.0 Å². The van der Waals surface area contributed by atoms with E-state index in [9.17, 15) is 8.42 Å². The fourth-order valence-corrected chi connectivity index (χ4v) is 3.40. The van der Waals surface area contributed by atoms with Crippen LogP contribution in [-0.2, 0) is 9.84 Å². The standard InChI is InChI=1S/C10H21NO2S/c1-4-8(2)14(12,13)7-10(11-3)9-5-6-9/h8-11H,4-7H2,1-3H3. The fraction of sp³-hybridized carbons (Fsp3) is 1.00. The summed E-state index contributed by atoms with van der Waals surface area (Å²) in [6, 6.07) is 0.175. The lowest BCUT2D eigenvalue weighted by Crippen LogP contribution is -2.37. The lowest BCUT2D eigenvalue weighted by Gasteiger charge is -2.18. The zero-order valence-electron chi connectivity index (χ0n) is 9.29. The predicted molar refractivity (Wildman–Crippen MR) is 59.1 cm³/mol. The van der Waals surface area contributed by atoms with Gasteiger partial charge in [-0.25, -0.2) is 8.42 Å². The van der Waals surface area contributed by atoms with Crippen LogP contribution >= 0.6 is 0 Å². The van der Waals surface area contributed by atoms with E-state index >= 15 is 0 Å². The fourth-order valence-electron chi connectivity index (χ4n) is 1.62. The number of rotatable bonds is 6. The quantitative estimate of drug-likeness (QED) is 0.730. The van der Waals surface area contributed by atoms with Gasteiger partial charge in [-0.2, -0.15) is 0 Å². The van der Waals surface area contributed by atoms with Gasteiger partial charge in [-0.15, -0.1) is 0 Å². The average molecular weight is 219 g/mol. The van der Waals surface area contributed by atoms with Crippen LogP contribution in [0.5, 0.6) is 0 Å². The molecule has 0 aromatic carbocycles. The summed E-state index contributed by atoms with van der Waals surface area (Å²) in [5.74, 6) is 0.905. The van der Waals surface area contributed by atoms with Crippen LogP contribution in [0, 0.1) is 5.92 Å². The molecule has 0 saturated heterocycles. The topological polar surface area (TPSA) is 46.2 Å². The predicted octanol–water partition coefficient (Wildman–Crippen LogP) is 1.20. The Balaban J connectivity index is 2.55. The van der Waals surface area contributed by atoms with E-state index in [2.05, 4.69) is 5.32 Å². The van der Waals surface area contributed by atoms with E-state index in [0.717, 1.165) is 0 Å². The number of nitrogens with one attached hydrogen (secondary N) is 1. The van der Waals surface area contributed by atoms with Crippen molar-refractivity contribution in [3.63, 3.8) is 0 Å². The third kappa shape index (κ3) is 2.95. The Morgan fingerprint density at radius 2 is 2.00 bits per heavy atom. The molecule has 0 amide bonds. The third-order valence-corrected chi connectivity index (χ3v) is 5.54. The molecule has 14 heavy (non-hydrogen) atoms. The van der Waals surface area contributed by atoms with Crippen molar-refractivity contribution >= 4 is 9.84 Å². The lowest BCUT2D eigenvalue weighted by atomic mass is 10.2. The molecular formula is C10H21NO2S. The molecule has 1 aliphatic carbocycles. The minimum Gasteiger partial charge on any atom is -0.316 e. The summed E-state index contributed by atoms with van der Waals surface area (Å²) in [7, 11) is -1.03. The molecule has 1 saturated carbocycles. The van der Waals surface area contributed by atoms with Gasteiger partial charge in [-0.05, 0) is 39.2 Å². The van der Waals surface area contributed by atoms with Gasteiger partial charge < -0.3 is 5.32 Å². The van der Waals surface area contributed by atoms with Crippen molar-refractivity contribution < 1.29 is 8.42 Å². The highest BCUT2D eigenvalue weighted by molar-refractivity contribution is 7.92. The Labute approximate surface area is 87.2 Å². The van der Waals surface area contributed by atoms with Crippen molar-refractivity contribution in [2.24, 2.45) is 5.92 Å². The van der Waals surface area contributed by atoms with Gasteiger partial charge in [0, 0.05) is 6.04 Å². The molecule has 2 atom stereocenters. The molecule has 0 heterocycles. The van der Waals surface area contributed by atoms with Gasteiger partial charge in [-0.1, -0.05) is 6.92 Å². The van der Waals surface area contributed by atoms with Gasteiger partial charge in [0.25, 0.3) is 0 Å². The van der Waals surface area contributed by atoms with E-state index < -0.39 is 9.84 Å². The Kier molecular flexibility index (Phi) is 3.95. The summed E-state index contributed by atoms with van der Waals surface area (Å²) in [5.41, 5.74) is 0. The molecule has 0 aliphatic heterocycles. The van der Waals surface area contributed by atoms with E-state index in [4.69, 9.17) is 0 Å². The summed E-state index contributed by atoms with van der Waals surface area (Å²) in [4.78, 5) is 0. The van der Waals surface area contributed by atoms with Crippen molar-refractivity contribution in [2.45, 2.75) is 44.4 Å². The monoisotopic (exact) mass is 219 g/mol. The Morgan fingerprint density at radius 1 is 1.43 bits per heavy atom. The van der Waals surface area contributed by atoms with Crippen molar-refractivity contribution in [2.75, 3.05) is 12.8 Å². The number of hydrogen-bond donors (Lipinski definition) is 1. The van der Waals surface area contributed by atoms with Gasteiger partial charge in [-0.3, -0.25) is 0 Å². The zero-order valence-corrected chi connectivity index (χ0v) is 10.1. The molecule has 1 fully saturated rings. The highest BCUT2D eigenvalue weighted by Gasteiger charge is 2.34. The van der Waals surface area contributed by atoms with Crippen LogP contribution in [0.4, 0.5) is 0 Å². The maximum atomic E-state index is 11.8. The number of sulfone groups is 1. The van der Waals surface area contributed by atoms with E-state index in [1.165, 1.54) is 12.8 Å². The van der Waals surface area contributed by atoms with Crippen molar-refractivity contribution in [3.8, 4) is 0 Å². The molecule has 0 aromatic rings. The second-order valence-electron chi connectivity index (χ2n) is 4.28. The largest absolute Gasteiger partial charge is 0.316 e. The van der Waals surface area contributed by atoms with Gasteiger partial charge in [0.2, 0.25) is 0 Å². The summed E-state index contributed by atoms with van der Waals surface area (Å²) in [6.45, 7) is 3.72. The minimum absolute atomic E-state index is 0.175. The van der Waals surface area contributed by atoms with Crippen LogP contribution in [0.2, 0.25) is 0 Å². The van der Waals surface area contributed by atoms with Crippen LogP contribution in [-0.4, -0.2) is 32.5 Å². The van der Waals surface area contributed by atoms with Crippen LogP contribution in [0.3, 0.4) is 0 Å². The first-order chi connectivity index (χ1) is 6.51. The molecule has 1 N–H and O–H groups in total. The second-order valence-corrected chi connectivity index (χ2v) is 6.74. The molecule has 0 aromatic heterocycles. The van der Waals surface area contributed by atoms with Crippen LogP contribution in [0.15, 0.2) is 0 Å². The smallest absolute Gasteiger partial charge is 0.154 e. The number of hydrogen-bond acceptors (Lipinski definition) is 3. The average Bonchev–Trinajstić information content (AvgIpc) is 2.96. The van der Waals surface area contributed by atoms with E-state index in [1.807, 2.05) is 14.0 Å². The first-order valence-electron chi connectivity index (χ1n) is 5.40. The molecule has 4 heteroatoms. The molecule has 2 unspecified atom stereocenters. The van der Waals surface area contributed by atoms with E-state index in [0.29, 0.717) is 18.1 Å². The summed E-state index contributed by atoms with van der Waals surface area (Å²) in [5, 5.41) is 2.92. The van der Waals surface area contributed by atoms with Crippen LogP contribution < -0.4 is 5.32 Å². The first-order valence-corrected chi connectivity index (χ1v) is 7.11. The Morgan fingerprint density at radius 3 is 2.36 bits per heavy atom. The normalized spacial score (nSPS) is 21.9. The Bertz CT molecular complexity index is 270. The zero-order chi connectivity index (χ0) is 10.8. The van der Waals surface area contributed by atoms with E-state index in [-0.39, 0.29) is 11.3 Å². The summed E-state index contributed by atoms with van der Waals surface area (Å²) < 4.78 is 23.6. The molecular weight excluding hydrogens is 198 g/mol. The summed E-state index contributed by atoms with van der Waals surface area (Å²) >= 11 is 0. The minimum atomic E-state index is -2.89. The first kappa shape index (κ1) is 12.0. The molecule has 84 valence electrons. The van der Waals surface area contributed by atoms with Crippen LogP contribution in [0.25, 0.3) is 0 Å². The van der Waals surface area contributed by atoms with Crippen molar-refractivity contribution in [1.29, 1.82) is 0 Å². The molecule has 1 rings (SSSR count). The summed E-state index contributed by atoms with van der Waals surface area (Å²) in [6.07, 6.45) is 3.08. The van der Waals surface area contributed by atoms with Gasteiger partial charge >= 0.3 is 0 Å². The highest BCUT2D eigenvalue weighted by Crippen LogP contribution is 2.33. The third-order valence-electron chi connectivity index (χ3n) is 3.16. The van der Waals surface area contributed by atoms with Crippen LogP contribution in [0.1, 0.15) is 33.1 Å². The Hall–Kier alpha value is -0.0900. The molecule has 0 bridgehead atoms. The maximum Gasteiger partial charge on any atom is 0.154 e. The molecule has 1 aliphatic rings. The maximum absolute atomic E-state index is 11.8. The highest BCUT2D eigenvalue weighted by atomic mass is 32.2.